The highest BCUT2D eigenvalue weighted by molar-refractivity contribution is 6.30. The first-order chi connectivity index (χ1) is 11.8. The van der Waals surface area contributed by atoms with Crippen molar-refractivity contribution in [2.45, 2.75) is 37.9 Å². The zero-order valence-electron chi connectivity index (χ0n) is 13.8. The van der Waals surface area contributed by atoms with Gasteiger partial charge in [0.1, 0.15) is 0 Å². The number of rotatable bonds is 2. The van der Waals surface area contributed by atoms with Crippen LogP contribution in [-0.4, -0.2) is 43.2 Å². The second-order valence-corrected chi connectivity index (χ2v) is 7.00. The number of amides is 2. The molecule has 2 amide bonds. The minimum absolute atomic E-state index is 0.0608. The van der Waals surface area contributed by atoms with Gasteiger partial charge in [0.2, 0.25) is 0 Å². The van der Waals surface area contributed by atoms with Crippen molar-refractivity contribution >= 4 is 23.3 Å². The number of urea groups is 1. The van der Waals surface area contributed by atoms with E-state index in [1.165, 1.54) is 12.1 Å². The Morgan fingerprint density at radius 2 is 1.76 bits per heavy atom. The van der Waals surface area contributed by atoms with Crippen molar-refractivity contribution in [1.82, 2.24) is 10.2 Å². The van der Waals surface area contributed by atoms with E-state index in [2.05, 4.69) is 5.32 Å². The highest BCUT2D eigenvalue weighted by Gasteiger charge is 2.36. The van der Waals surface area contributed by atoms with Crippen LogP contribution in [0.3, 0.4) is 0 Å². The lowest BCUT2D eigenvalue weighted by Crippen LogP contribution is -2.53. The minimum atomic E-state index is -4.46. The number of benzene rings is 1. The zero-order chi connectivity index (χ0) is 18.0. The molecule has 1 aromatic rings. The standard InChI is InChI=1S/C17H21ClF3N3O/c18-12-5-6-15(14(11-12)17(19,20)21)23-7-9-24(10-8-23)16(25)22-13-3-1-2-4-13/h5-6,11,13H,1-4,7-10H2,(H,22,25). The largest absolute Gasteiger partial charge is 0.418 e. The molecule has 1 aliphatic heterocycles. The van der Waals surface area contributed by atoms with Gasteiger partial charge in [0.15, 0.2) is 0 Å². The van der Waals surface area contributed by atoms with Gasteiger partial charge in [0.05, 0.1) is 5.56 Å². The molecule has 0 radical (unpaired) electrons. The average molecular weight is 376 g/mol. The number of nitrogens with one attached hydrogen (secondary N) is 1. The van der Waals surface area contributed by atoms with Crippen LogP contribution >= 0.6 is 11.6 Å². The Morgan fingerprint density at radius 3 is 2.36 bits per heavy atom. The van der Waals surface area contributed by atoms with Crippen molar-refractivity contribution in [3.63, 3.8) is 0 Å². The molecule has 2 fully saturated rings. The fourth-order valence-corrected chi connectivity index (χ4v) is 3.67. The van der Waals surface area contributed by atoms with E-state index in [9.17, 15) is 18.0 Å². The van der Waals surface area contributed by atoms with Gasteiger partial charge in [-0.25, -0.2) is 4.79 Å². The number of hydrogen-bond donors (Lipinski definition) is 1. The lowest BCUT2D eigenvalue weighted by atomic mass is 10.1. The van der Waals surface area contributed by atoms with E-state index < -0.39 is 11.7 Å². The topological polar surface area (TPSA) is 35.6 Å². The Morgan fingerprint density at radius 1 is 1.12 bits per heavy atom. The van der Waals surface area contributed by atoms with Crippen LogP contribution in [0.2, 0.25) is 5.02 Å². The van der Waals surface area contributed by atoms with Crippen molar-refractivity contribution in [3.05, 3.63) is 28.8 Å². The zero-order valence-corrected chi connectivity index (χ0v) is 14.5. The van der Waals surface area contributed by atoms with E-state index in [-0.39, 0.29) is 22.8 Å². The Balaban J connectivity index is 1.63. The van der Waals surface area contributed by atoms with Gasteiger partial charge < -0.3 is 15.1 Å². The van der Waals surface area contributed by atoms with Crippen LogP contribution in [0, 0.1) is 0 Å². The van der Waals surface area contributed by atoms with Gasteiger partial charge in [0, 0.05) is 42.9 Å². The second kappa shape index (κ2) is 7.32. The van der Waals surface area contributed by atoms with Gasteiger partial charge in [-0.1, -0.05) is 24.4 Å². The van der Waals surface area contributed by atoms with Gasteiger partial charge in [-0.2, -0.15) is 13.2 Å². The van der Waals surface area contributed by atoms with E-state index in [1.807, 2.05) is 0 Å². The average Bonchev–Trinajstić information content (AvgIpc) is 3.07. The normalized spacial score (nSPS) is 19.4. The van der Waals surface area contributed by atoms with Crippen molar-refractivity contribution in [3.8, 4) is 0 Å². The first kappa shape index (κ1) is 18.2. The predicted octanol–water partition coefficient (Wildman–Crippen LogP) is 4.13. The smallest absolute Gasteiger partial charge is 0.367 e. The molecule has 8 heteroatoms. The number of nitrogens with zero attached hydrogens (tertiary/aromatic N) is 2. The summed E-state index contributed by atoms with van der Waals surface area (Å²) in [7, 11) is 0. The summed E-state index contributed by atoms with van der Waals surface area (Å²) in [6, 6.07) is 3.94. The fourth-order valence-electron chi connectivity index (χ4n) is 3.50. The lowest BCUT2D eigenvalue weighted by Gasteiger charge is -2.37. The van der Waals surface area contributed by atoms with Crippen LogP contribution in [-0.2, 0) is 6.18 Å². The second-order valence-electron chi connectivity index (χ2n) is 6.56. The fraction of sp³-hybridized carbons (Fsp3) is 0.588. The van der Waals surface area contributed by atoms with Gasteiger partial charge in [-0.3, -0.25) is 0 Å². The Hall–Kier alpha value is -1.63. The molecule has 1 aromatic carbocycles. The Kier molecular flexibility index (Phi) is 5.32. The number of alkyl halides is 3. The molecule has 1 heterocycles. The molecule has 25 heavy (non-hydrogen) atoms. The van der Waals surface area contributed by atoms with Crippen LogP contribution in [0.1, 0.15) is 31.2 Å². The van der Waals surface area contributed by atoms with Crippen LogP contribution < -0.4 is 10.2 Å². The third-order valence-electron chi connectivity index (χ3n) is 4.85. The molecule has 1 saturated heterocycles. The third-order valence-corrected chi connectivity index (χ3v) is 5.09. The van der Waals surface area contributed by atoms with E-state index >= 15 is 0 Å². The number of halogens is 4. The van der Waals surface area contributed by atoms with Crippen molar-refractivity contribution in [2.24, 2.45) is 0 Å². The number of carbonyl (C=O) groups is 1. The lowest BCUT2D eigenvalue weighted by molar-refractivity contribution is -0.137. The van der Waals surface area contributed by atoms with E-state index in [0.717, 1.165) is 31.7 Å². The molecule has 1 N–H and O–H groups in total. The quantitative estimate of drug-likeness (QED) is 0.843. The maximum absolute atomic E-state index is 13.3. The number of hydrogen-bond acceptors (Lipinski definition) is 2. The van der Waals surface area contributed by atoms with E-state index in [0.29, 0.717) is 26.2 Å². The first-order valence-electron chi connectivity index (χ1n) is 8.52. The molecule has 0 unspecified atom stereocenters. The van der Waals surface area contributed by atoms with Gasteiger partial charge in [0.25, 0.3) is 0 Å². The summed E-state index contributed by atoms with van der Waals surface area (Å²) in [4.78, 5) is 15.6. The van der Waals surface area contributed by atoms with Crippen LogP contribution in [0.5, 0.6) is 0 Å². The number of piperazine rings is 1. The molecule has 0 atom stereocenters. The monoisotopic (exact) mass is 375 g/mol. The molecule has 0 bridgehead atoms. The Labute approximate surface area is 149 Å². The molecule has 0 spiro atoms. The van der Waals surface area contributed by atoms with Crippen LogP contribution in [0.25, 0.3) is 0 Å². The number of anilines is 1. The summed E-state index contributed by atoms with van der Waals surface area (Å²) in [6.45, 7) is 1.53. The summed E-state index contributed by atoms with van der Waals surface area (Å²) in [5, 5.41) is 3.08. The van der Waals surface area contributed by atoms with Crippen molar-refractivity contribution in [1.29, 1.82) is 0 Å². The van der Waals surface area contributed by atoms with Crippen LogP contribution in [0.4, 0.5) is 23.7 Å². The van der Waals surface area contributed by atoms with Crippen LogP contribution in [0.15, 0.2) is 18.2 Å². The maximum atomic E-state index is 13.3. The molecule has 4 nitrogen and oxygen atoms in total. The number of carbonyl (C=O) groups excluding carboxylic acids is 1. The highest BCUT2D eigenvalue weighted by atomic mass is 35.5. The van der Waals surface area contributed by atoms with Crippen molar-refractivity contribution < 1.29 is 18.0 Å². The molecule has 1 saturated carbocycles. The molecule has 3 rings (SSSR count). The third kappa shape index (κ3) is 4.32. The summed E-state index contributed by atoms with van der Waals surface area (Å²) in [5.41, 5.74) is -0.614. The van der Waals surface area contributed by atoms with Crippen molar-refractivity contribution in [2.75, 3.05) is 31.1 Å². The SMILES string of the molecule is O=C(NC1CCCC1)N1CCN(c2ccc(Cl)cc2C(F)(F)F)CC1. The molecular formula is C17H21ClF3N3O. The molecule has 1 aliphatic carbocycles. The summed E-state index contributed by atoms with van der Waals surface area (Å²) >= 11 is 5.73. The Bertz CT molecular complexity index is 624. The molecule has 2 aliphatic rings. The molecule has 0 aromatic heterocycles. The first-order valence-corrected chi connectivity index (χ1v) is 8.89. The predicted molar refractivity (Wildman–Crippen MR) is 91.0 cm³/mol. The minimum Gasteiger partial charge on any atom is -0.367 e. The van der Waals surface area contributed by atoms with Gasteiger partial charge in [-0.05, 0) is 31.0 Å². The van der Waals surface area contributed by atoms with E-state index in [1.54, 1.807) is 9.80 Å². The summed E-state index contributed by atoms with van der Waals surface area (Å²) in [5.74, 6) is 0. The molecular weight excluding hydrogens is 355 g/mol. The van der Waals surface area contributed by atoms with E-state index in [4.69, 9.17) is 11.6 Å². The summed E-state index contributed by atoms with van der Waals surface area (Å²) < 4.78 is 39.8. The highest BCUT2D eigenvalue weighted by Crippen LogP contribution is 2.38. The summed E-state index contributed by atoms with van der Waals surface area (Å²) in [6.07, 6.45) is -0.181. The van der Waals surface area contributed by atoms with Gasteiger partial charge in [-0.15, -0.1) is 0 Å². The molecule has 138 valence electrons. The van der Waals surface area contributed by atoms with Gasteiger partial charge >= 0.3 is 12.2 Å². The maximum Gasteiger partial charge on any atom is 0.418 e.